The lowest BCUT2D eigenvalue weighted by Gasteiger charge is -2.18. The van der Waals surface area contributed by atoms with Gasteiger partial charge in [0.1, 0.15) is 13.2 Å². The summed E-state index contributed by atoms with van der Waals surface area (Å²) in [6, 6.07) is 0. The molecule has 0 fully saturated rings. The summed E-state index contributed by atoms with van der Waals surface area (Å²) in [4.78, 5) is 38.5. The van der Waals surface area contributed by atoms with E-state index in [1.165, 1.54) is 89.9 Å². The molecule has 468 valence electrons. The summed E-state index contributed by atoms with van der Waals surface area (Å²) in [6.07, 6.45) is 101. The van der Waals surface area contributed by atoms with Gasteiger partial charge < -0.3 is 14.2 Å². The Bertz CT molecular complexity index is 1840. The fourth-order valence-corrected chi connectivity index (χ4v) is 8.97. The summed E-state index contributed by atoms with van der Waals surface area (Å²) < 4.78 is 16.9. The van der Waals surface area contributed by atoms with Crippen LogP contribution in [0.3, 0.4) is 0 Å². The Balaban J connectivity index is 4.49. The molecule has 1 unspecified atom stereocenters. The molecule has 0 N–H and O–H groups in total. The summed E-state index contributed by atoms with van der Waals surface area (Å²) in [7, 11) is 0. The van der Waals surface area contributed by atoms with Gasteiger partial charge in [-0.05, 0) is 148 Å². The molecule has 0 aromatic rings. The highest BCUT2D eigenvalue weighted by Gasteiger charge is 2.19. The number of hydrogen-bond acceptors (Lipinski definition) is 6. The van der Waals surface area contributed by atoms with Crippen LogP contribution in [0.4, 0.5) is 0 Å². The highest BCUT2D eigenvalue weighted by atomic mass is 16.6. The van der Waals surface area contributed by atoms with Crippen LogP contribution in [0.1, 0.15) is 290 Å². The largest absolute Gasteiger partial charge is 0.462 e. The standard InChI is InChI=1S/C77H124O6/c1-4-7-10-13-16-19-22-25-28-31-34-36-37-38-39-41-43-46-49-52-55-58-61-64-67-70-76(79)82-73-74(72-81-75(78)69-66-63-60-57-54-51-48-45-42-33-30-27-24-21-18-15-12-9-6-3)83-77(80)71-68-65-62-59-56-53-50-47-44-40-35-32-29-26-23-20-17-14-11-8-5-2/h7,9-10,12,16,18-19,21,23,25-28,30,32,34-36,38-39,42,44-45,47,51,54,74H,4-6,8,11,13-15,17,20,22,24,29,31,33,37,40-41,43,46,48-50,52-53,55-73H2,1-3H3/b10-7-,12-9-,19-16-,21-18-,26-23-,28-25-,30-27-,35-32-,36-34-,39-38-,45-42-,47-44-,54-51-. The van der Waals surface area contributed by atoms with Gasteiger partial charge in [-0.1, -0.05) is 281 Å². The average molecular weight is 1150 g/mol. The molecular formula is C77H124O6. The predicted molar refractivity (Wildman–Crippen MR) is 362 cm³/mol. The highest BCUT2D eigenvalue weighted by Crippen LogP contribution is 2.15. The molecule has 0 aliphatic carbocycles. The van der Waals surface area contributed by atoms with Crippen molar-refractivity contribution in [2.45, 2.75) is 297 Å². The second-order valence-corrected chi connectivity index (χ2v) is 22.0. The second-order valence-electron chi connectivity index (χ2n) is 22.0. The van der Waals surface area contributed by atoms with E-state index >= 15 is 0 Å². The van der Waals surface area contributed by atoms with Crippen molar-refractivity contribution in [3.63, 3.8) is 0 Å². The van der Waals surface area contributed by atoms with Gasteiger partial charge in [-0.15, -0.1) is 0 Å². The zero-order chi connectivity index (χ0) is 59.9. The molecule has 0 aromatic heterocycles. The van der Waals surface area contributed by atoms with Gasteiger partial charge in [0, 0.05) is 19.3 Å². The van der Waals surface area contributed by atoms with Crippen LogP contribution in [0.15, 0.2) is 158 Å². The van der Waals surface area contributed by atoms with E-state index < -0.39 is 6.10 Å². The van der Waals surface area contributed by atoms with E-state index in [4.69, 9.17) is 14.2 Å². The Morgan fingerprint density at radius 1 is 0.253 bits per heavy atom. The van der Waals surface area contributed by atoms with Crippen LogP contribution in [0.5, 0.6) is 0 Å². The Hall–Kier alpha value is -4.97. The lowest BCUT2D eigenvalue weighted by molar-refractivity contribution is -0.167. The Morgan fingerprint density at radius 2 is 0.470 bits per heavy atom. The highest BCUT2D eigenvalue weighted by molar-refractivity contribution is 5.71. The van der Waals surface area contributed by atoms with Crippen LogP contribution in [-0.2, 0) is 28.6 Å². The van der Waals surface area contributed by atoms with Crippen molar-refractivity contribution in [1.82, 2.24) is 0 Å². The summed E-state index contributed by atoms with van der Waals surface area (Å²) in [5.74, 6) is -0.954. The normalized spacial score (nSPS) is 13.1. The van der Waals surface area contributed by atoms with Crippen LogP contribution in [0.25, 0.3) is 0 Å². The topological polar surface area (TPSA) is 78.9 Å². The number of esters is 3. The first-order valence-electron chi connectivity index (χ1n) is 34.0. The third-order valence-electron chi connectivity index (χ3n) is 14.0. The van der Waals surface area contributed by atoms with Crippen molar-refractivity contribution in [3.05, 3.63) is 158 Å². The number of hydrogen-bond donors (Lipinski definition) is 0. The monoisotopic (exact) mass is 1140 g/mol. The molecular weight excluding hydrogens is 1020 g/mol. The minimum absolute atomic E-state index is 0.104. The van der Waals surface area contributed by atoms with Gasteiger partial charge in [-0.3, -0.25) is 14.4 Å². The average Bonchev–Trinajstić information content (AvgIpc) is 3.50. The van der Waals surface area contributed by atoms with Gasteiger partial charge >= 0.3 is 17.9 Å². The maximum absolute atomic E-state index is 13.0. The van der Waals surface area contributed by atoms with Crippen LogP contribution in [0, 0.1) is 0 Å². The van der Waals surface area contributed by atoms with Crippen molar-refractivity contribution in [2.24, 2.45) is 0 Å². The molecule has 0 saturated carbocycles. The molecule has 0 aliphatic heterocycles. The summed E-state index contributed by atoms with van der Waals surface area (Å²) in [5, 5.41) is 0. The van der Waals surface area contributed by atoms with Crippen LogP contribution in [-0.4, -0.2) is 37.2 Å². The molecule has 1 atom stereocenters. The molecule has 6 heteroatoms. The van der Waals surface area contributed by atoms with Gasteiger partial charge in [-0.2, -0.15) is 0 Å². The number of ether oxygens (including phenoxy) is 3. The maximum Gasteiger partial charge on any atom is 0.306 e. The minimum atomic E-state index is -0.812. The molecule has 0 spiro atoms. The molecule has 0 aliphatic rings. The molecule has 0 amide bonds. The molecule has 0 rings (SSSR count). The van der Waals surface area contributed by atoms with Crippen LogP contribution < -0.4 is 0 Å². The minimum Gasteiger partial charge on any atom is -0.462 e. The number of allylic oxidation sites excluding steroid dienone is 26. The Kier molecular flexibility index (Phi) is 65.4. The van der Waals surface area contributed by atoms with E-state index in [-0.39, 0.29) is 31.1 Å². The molecule has 0 bridgehead atoms. The molecule has 83 heavy (non-hydrogen) atoms. The maximum atomic E-state index is 13.0. The van der Waals surface area contributed by atoms with Gasteiger partial charge in [0.25, 0.3) is 0 Å². The van der Waals surface area contributed by atoms with Crippen molar-refractivity contribution in [2.75, 3.05) is 13.2 Å². The van der Waals surface area contributed by atoms with Crippen molar-refractivity contribution < 1.29 is 28.6 Å². The molecule has 6 nitrogen and oxygen atoms in total. The van der Waals surface area contributed by atoms with Gasteiger partial charge in [0.2, 0.25) is 0 Å². The first-order chi connectivity index (χ1) is 41.0. The Morgan fingerprint density at radius 3 is 0.747 bits per heavy atom. The molecule has 0 saturated heterocycles. The van der Waals surface area contributed by atoms with Crippen molar-refractivity contribution >= 4 is 17.9 Å². The first kappa shape index (κ1) is 78.0. The molecule has 0 aromatic carbocycles. The van der Waals surface area contributed by atoms with Crippen LogP contribution in [0.2, 0.25) is 0 Å². The lowest BCUT2D eigenvalue weighted by atomic mass is 10.1. The third-order valence-corrected chi connectivity index (χ3v) is 14.0. The summed E-state index contributed by atoms with van der Waals surface area (Å²) in [5.41, 5.74) is 0. The predicted octanol–water partition coefficient (Wildman–Crippen LogP) is 23.7. The fourth-order valence-electron chi connectivity index (χ4n) is 8.97. The second kappa shape index (κ2) is 69.5. The smallest absolute Gasteiger partial charge is 0.306 e. The van der Waals surface area contributed by atoms with Gasteiger partial charge in [0.15, 0.2) is 6.10 Å². The number of carbonyl (C=O) groups excluding carboxylic acids is 3. The van der Waals surface area contributed by atoms with E-state index in [1.54, 1.807) is 0 Å². The summed E-state index contributed by atoms with van der Waals surface area (Å²) in [6.45, 7) is 6.37. The lowest BCUT2D eigenvalue weighted by Crippen LogP contribution is -2.30. The third kappa shape index (κ3) is 67.7. The van der Waals surface area contributed by atoms with Crippen LogP contribution >= 0.6 is 0 Å². The zero-order valence-electron chi connectivity index (χ0n) is 53.7. The summed E-state index contributed by atoms with van der Waals surface area (Å²) >= 11 is 0. The number of rotatable bonds is 60. The molecule has 0 radical (unpaired) electrons. The van der Waals surface area contributed by atoms with Crippen molar-refractivity contribution in [3.8, 4) is 0 Å². The quantitative estimate of drug-likeness (QED) is 0.0261. The van der Waals surface area contributed by atoms with Gasteiger partial charge in [-0.25, -0.2) is 0 Å². The number of unbranched alkanes of at least 4 members (excludes halogenated alkanes) is 23. The van der Waals surface area contributed by atoms with E-state index in [0.29, 0.717) is 19.3 Å². The fraction of sp³-hybridized carbons (Fsp3) is 0.623. The molecule has 0 heterocycles. The van der Waals surface area contributed by atoms with E-state index in [0.717, 1.165) is 161 Å². The zero-order valence-corrected chi connectivity index (χ0v) is 53.7. The van der Waals surface area contributed by atoms with E-state index in [2.05, 4.69) is 179 Å². The van der Waals surface area contributed by atoms with E-state index in [9.17, 15) is 14.4 Å². The van der Waals surface area contributed by atoms with E-state index in [1.807, 2.05) is 0 Å². The number of carbonyl (C=O) groups is 3. The SMILES string of the molecule is CC/C=C\C/C=C\C/C=C\C/C=C\C/C=C\CCCCCCCCCCCC(=O)OCC(COC(=O)CCCCC/C=C\C/C=C\C/C=C\C/C=C\C/C=C\CC)OC(=O)CCCCCCCC/C=C\C/C=C\C/C=C\CCCCCCC. The Labute approximate surface area is 511 Å². The van der Waals surface area contributed by atoms with Gasteiger partial charge in [0.05, 0.1) is 0 Å². The first-order valence-corrected chi connectivity index (χ1v) is 34.0. The van der Waals surface area contributed by atoms with Crippen molar-refractivity contribution in [1.29, 1.82) is 0 Å².